The summed E-state index contributed by atoms with van der Waals surface area (Å²) in [6, 6.07) is 0. The third kappa shape index (κ3) is 5.50. The van der Waals surface area contributed by atoms with Gasteiger partial charge >= 0.3 is 5.97 Å². The van der Waals surface area contributed by atoms with Crippen LogP contribution in [0.15, 0.2) is 4.99 Å². The summed E-state index contributed by atoms with van der Waals surface area (Å²) in [4.78, 5) is 13.2. The van der Waals surface area contributed by atoms with Crippen LogP contribution < -0.4 is 0 Å². The molecule has 0 aromatic rings. The molecule has 0 spiro atoms. The zero-order valence-corrected chi connectivity index (χ0v) is 6.23. The Kier molecular flexibility index (Phi) is 4.40. The van der Waals surface area contributed by atoms with Crippen LogP contribution in [-0.4, -0.2) is 35.4 Å². The number of carbonyl (C=O) groups is 1. The van der Waals surface area contributed by atoms with E-state index in [-0.39, 0.29) is 6.42 Å². The quantitative estimate of drug-likeness (QED) is 0.434. The highest BCUT2D eigenvalue weighted by molar-refractivity contribution is 5.67. The summed E-state index contributed by atoms with van der Waals surface area (Å²) in [6.45, 7) is 4.55. The lowest BCUT2D eigenvalue weighted by Gasteiger charge is -2.11. The number of aliphatic imine (C=N–C) groups is 1. The van der Waals surface area contributed by atoms with Gasteiger partial charge in [-0.25, -0.2) is 4.99 Å². The Morgan fingerprint density at radius 1 is 1.82 bits per heavy atom. The highest BCUT2D eigenvalue weighted by atomic mass is 16.6. The first-order chi connectivity index (χ1) is 5.06. The van der Waals surface area contributed by atoms with Crippen molar-refractivity contribution in [1.29, 1.82) is 0 Å². The van der Waals surface area contributed by atoms with Gasteiger partial charge in [0.25, 0.3) is 6.41 Å². The maximum atomic E-state index is 10.1. The molecule has 0 fully saturated rings. The fourth-order valence-electron chi connectivity index (χ4n) is 0.545. The number of rotatable bonds is 5. The molecule has 2 atom stereocenters. The van der Waals surface area contributed by atoms with Crippen molar-refractivity contribution in [3.05, 3.63) is 0 Å². The minimum atomic E-state index is -1.33. The van der Waals surface area contributed by atoms with Crippen LogP contribution in [0.3, 0.4) is 0 Å². The van der Waals surface area contributed by atoms with Crippen LogP contribution in [-0.2, 0) is 9.53 Å². The van der Waals surface area contributed by atoms with Gasteiger partial charge in [0.05, 0.1) is 12.5 Å². The molecular formula is C6H11NO4. The van der Waals surface area contributed by atoms with Crippen LogP contribution >= 0.6 is 0 Å². The monoisotopic (exact) mass is 161 g/mol. The molecule has 2 unspecified atom stereocenters. The molecule has 0 saturated heterocycles. The molecule has 5 nitrogen and oxygen atoms in total. The maximum Gasteiger partial charge on any atom is 0.305 e. The third-order valence-corrected chi connectivity index (χ3v) is 0.972. The second-order valence-electron chi connectivity index (χ2n) is 2.05. The van der Waals surface area contributed by atoms with Crippen molar-refractivity contribution in [3.63, 3.8) is 0 Å². The molecule has 0 aliphatic heterocycles. The number of ether oxygens (including phenoxy) is 1. The topological polar surface area (TPSA) is 79.1 Å². The van der Waals surface area contributed by atoms with Crippen molar-refractivity contribution in [2.45, 2.75) is 25.9 Å². The Balaban J connectivity index is 3.59. The molecule has 0 aliphatic rings. The summed E-state index contributed by atoms with van der Waals surface area (Å²) in [5, 5.41) is 17.0. The van der Waals surface area contributed by atoms with E-state index in [1.165, 1.54) is 6.92 Å². The molecule has 0 bridgehead atoms. The Hall–Kier alpha value is -0.940. The van der Waals surface area contributed by atoms with Crippen LogP contribution in [0, 0.1) is 0 Å². The van der Waals surface area contributed by atoms with E-state index in [0.717, 1.165) is 0 Å². The molecule has 0 amide bonds. The Morgan fingerprint density at radius 3 is 2.73 bits per heavy atom. The van der Waals surface area contributed by atoms with Crippen molar-refractivity contribution in [3.8, 4) is 0 Å². The molecule has 0 aliphatic carbocycles. The van der Waals surface area contributed by atoms with E-state index in [1.807, 2.05) is 0 Å². The predicted octanol–water partition coefficient (Wildman–Crippen LogP) is -0.157. The second-order valence-corrected chi connectivity index (χ2v) is 2.05. The van der Waals surface area contributed by atoms with Gasteiger partial charge in [-0.15, -0.1) is 0 Å². The van der Waals surface area contributed by atoms with E-state index in [1.54, 1.807) is 0 Å². The fraction of sp³-hybridized carbons (Fsp3) is 0.667. The Morgan fingerprint density at radius 2 is 2.36 bits per heavy atom. The SMILES string of the molecule is C=NC(O)OC(C)CC(=O)O. The minimum Gasteiger partial charge on any atom is -0.481 e. The highest BCUT2D eigenvalue weighted by Crippen LogP contribution is 2.00. The zero-order valence-electron chi connectivity index (χ0n) is 6.23. The lowest BCUT2D eigenvalue weighted by molar-refractivity contribution is -0.150. The van der Waals surface area contributed by atoms with E-state index in [9.17, 15) is 4.79 Å². The number of carboxylic acid groups (broad SMARTS) is 1. The molecule has 0 radical (unpaired) electrons. The van der Waals surface area contributed by atoms with Gasteiger partial charge in [-0.3, -0.25) is 4.79 Å². The highest BCUT2D eigenvalue weighted by Gasteiger charge is 2.10. The van der Waals surface area contributed by atoms with Crippen molar-refractivity contribution < 1.29 is 19.7 Å². The number of aliphatic carboxylic acids is 1. The smallest absolute Gasteiger partial charge is 0.305 e. The number of aliphatic hydroxyl groups is 1. The van der Waals surface area contributed by atoms with Gasteiger partial charge in [-0.1, -0.05) is 0 Å². The van der Waals surface area contributed by atoms with Crippen molar-refractivity contribution in [1.82, 2.24) is 0 Å². The van der Waals surface area contributed by atoms with E-state index in [4.69, 9.17) is 10.2 Å². The van der Waals surface area contributed by atoms with Crippen molar-refractivity contribution >= 4 is 12.7 Å². The second kappa shape index (κ2) is 4.81. The molecule has 0 aromatic carbocycles. The summed E-state index contributed by atoms with van der Waals surface area (Å²) in [5.41, 5.74) is 0. The van der Waals surface area contributed by atoms with Gasteiger partial charge < -0.3 is 14.9 Å². The van der Waals surface area contributed by atoms with E-state index in [0.29, 0.717) is 0 Å². The molecule has 0 saturated carbocycles. The van der Waals surface area contributed by atoms with Gasteiger partial charge in [0.2, 0.25) is 0 Å². The predicted molar refractivity (Wildman–Crippen MR) is 38.4 cm³/mol. The molecule has 11 heavy (non-hydrogen) atoms. The number of carboxylic acids is 1. The summed E-state index contributed by atoms with van der Waals surface area (Å²) >= 11 is 0. The summed E-state index contributed by atoms with van der Waals surface area (Å²) in [5.74, 6) is -0.978. The Labute approximate surface area is 64.3 Å². The first-order valence-electron chi connectivity index (χ1n) is 3.07. The summed E-state index contributed by atoms with van der Waals surface area (Å²) in [6.07, 6.45) is -2.05. The standard InChI is InChI=1S/C6H11NO4/c1-4(3-5(8)9)11-6(10)7-2/h4,6,10H,2-3H2,1H3,(H,8,9). The molecule has 64 valence electrons. The molecular weight excluding hydrogens is 150 g/mol. The zero-order chi connectivity index (χ0) is 8.85. The summed E-state index contributed by atoms with van der Waals surface area (Å²) in [7, 11) is 0. The third-order valence-electron chi connectivity index (χ3n) is 0.972. The Bertz CT molecular complexity index is 148. The minimum absolute atomic E-state index is 0.160. The van der Waals surface area contributed by atoms with E-state index < -0.39 is 18.5 Å². The van der Waals surface area contributed by atoms with Gasteiger partial charge in [-0.2, -0.15) is 0 Å². The van der Waals surface area contributed by atoms with Crippen molar-refractivity contribution in [2.75, 3.05) is 0 Å². The van der Waals surface area contributed by atoms with E-state index in [2.05, 4.69) is 16.4 Å². The lowest BCUT2D eigenvalue weighted by atomic mass is 10.3. The number of nitrogens with zero attached hydrogens (tertiary/aromatic N) is 1. The van der Waals surface area contributed by atoms with Crippen molar-refractivity contribution in [2.24, 2.45) is 4.99 Å². The lowest BCUT2D eigenvalue weighted by Crippen LogP contribution is -2.20. The normalized spacial score (nSPS) is 15.5. The van der Waals surface area contributed by atoms with Crippen LogP contribution in [0.2, 0.25) is 0 Å². The van der Waals surface area contributed by atoms with Gasteiger partial charge in [0.1, 0.15) is 0 Å². The van der Waals surface area contributed by atoms with Crippen LogP contribution in [0.1, 0.15) is 13.3 Å². The number of hydrogen-bond acceptors (Lipinski definition) is 4. The van der Waals surface area contributed by atoms with Crippen LogP contribution in [0.4, 0.5) is 0 Å². The van der Waals surface area contributed by atoms with Gasteiger partial charge in [0, 0.05) is 0 Å². The van der Waals surface area contributed by atoms with Gasteiger partial charge in [-0.05, 0) is 13.6 Å². The van der Waals surface area contributed by atoms with Gasteiger partial charge in [0.15, 0.2) is 0 Å². The number of hydrogen-bond donors (Lipinski definition) is 2. The van der Waals surface area contributed by atoms with Crippen LogP contribution in [0.25, 0.3) is 0 Å². The molecule has 0 rings (SSSR count). The van der Waals surface area contributed by atoms with E-state index >= 15 is 0 Å². The first-order valence-corrected chi connectivity index (χ1v) is 3.07. The molecule has 0 aromatic heterocycles. The molecule has 5 heteroatoms. The average Bonchev–Trinajstić information content (AvgIpc) is 1.85. The first kappa shape index (κ1) is 10.1. The molecule has 2 N–H and O–H groups in total. The maximum absolute atomic E-state index is 10.1. The van der Waals surface area contributed by atoms with Crippen LogP contribution in [0.5, 0.6) is 0 Å². The fourth-order valence-corrected chi connectivity index (χ4v) is 0.545. The largest absolute Gasteiger partial charge is 0.481 e. The number of aliphatic hydroxyl groups excluding tert-OH is 1. The summed E-state index contributed by atoms with van der Waals surface area (Å²) < 4.78 is 4.66. The molecule has 0 heterocycles. The average molecular weight is 161 g/mol.